The summed E-state index contributed by atoms with van der Waals surface area (Å²) in [6.07, 6.45) is 2.90. The first-order chi connectivity index (χ1) is 11.6. The highest BCUT2D eigenvalue weighted by Gasteiger charge is 2.31. The Kier molecular flexibility index (Phi) is 5.63. The van der Waals surface area contributed by atoms with Gasteiger partial charge in [0.25, 0.3) is 0 Å². The molecule has 0 aliphatic carbocycles. The number of amides is 1. The molecule has 1 aliphatic heterocycles. The van der Waals surface area contributed by atoms with Crippen molar-refractivity contribution >= 4 is 17.2 Å². The van der Waals surface area contributed by atoms with Crippen molar-refractivity contribution in [1.29, 1.82) is 0 Å². The monoisotopic (exact) mass is 348 g/mol. The maximum absolute atomic E-state index is 12.2. The highest BCUT2D eigenvalue weighted by Crippen LogP contribution is 2.30. The van der Waals surface area contributed by atoms with Crippen molar-refractivity contribution in [2.45, 2.75) is 45.1 Å². The standard InChI is InChI=1S/C17H24N4O2S/c1-12(2)17-19-16(20-23-17)14-4-3-8-21(14)10-15(22)18-7-5-13-6-9-24-11-13/h6,9,11-12,14H,3-5,7-8,10H2,1-2H3,(H,18,22)/t14-/m0/s1. The van der Waals surface area contributed by atoms with Gasteiger partial charge in [-0.1, -0.05) is 19.0 Å². The van der Waals surface area contributed by atoms with Gasteiger partial charge in [0.1, 0.15) is 0 Å². The lowest BCUT2D eigenvalue weighted by atomic mass is 10.2. The Bertz CT molecular complexity index is 653. The molecule has 7 heteroatoms. The molecule has 0 saturated carbocycles. The molecule has 0 bridgehead atoms. The van der Waals surface area contributed by atoms with Gasteiger partial charge in [0.2, 0.25) is 11.8 Å². The number of nitrogens with zero attached hydrogens (tertiary/aromatic N) is 3. The third-order valence-corrected chi connectivity index (χ3v) is 5.01. The molecule has 0 spiro atoms. The average Bonchev–Trinajstić information content (AvgIpc) is 3.28. The second kappa shape index (κ2) is 7.90. The maximum atomic E-state index is 12.2. The van der Waals surface area contributed by atoms with E-state index in [1.807, 2.05) is 13.8 Å². The molecule has 2 aromatic heterocycles. The molecular formula is C17H24N4O2S. The molecule has 2 aromatic rings. The summed E-state index contributed by atoms with van der Waals surface area (Å²) in [5.41, 5.74) is 1.27. The summed E-state index contributed by atoms with van der Waals surface area (Å²) in [7, 11) is 0. The van der Waals surface area contributed by atoms with E-state index < -0.39 is 0 Å². The Morgan fingerprint density at radius 3 is 3.12 bits per heavy atom. The van der Waals surface area contributed by atoms with Crippen LogP contribution in [-0.2, 0) is 11.2 Å². The average molecular weight is 348 g/mol. The van der Waals surface area contributed by atoms with Crippen LogP contribution in [0.5, 0.6) is 0 Å². The number of rotatable bonds is 7. The van der Waals surface area contributed by atoms with E-state index in [1.165, 1.54) is 5.56 Å². The zero-order valence-electron chi connectivity index (χ0n) is 14.2. The van der Waals surface area contributed by atoms with Gasteiger partial charge in [-0.05, 0) is 48.2 Å². The fourth-order valence-corrected chi connectivity index (χ4v) is 3.65. The van der Waals surface area contributed by atoms with E-state index in [0.29, 0.717) is 24.8 Å². The first-order valence-electron chi connectivity index (χ1n) is 8.49. The van der Waals surface area contributed by atoms with E-state index in [4.69, 9.17) is 4.52 Å². The molecule has 1 aliphatic rings. The molecule has 130 valence electrons. The van der Waals surface area contributed by atoms with E-state index in [2.05, 4.69) is 37.2 Å². The lowest BCUT2D eigenvalue weighted by Gasteiger charge is -2.21. The van der Waals surface area contributed by atoms with Crippen molar-refractivity contribution in [3.8, 4) is 0 Å². The van der Waals surface area contributed by atoms with Crippen LogP contribution >= 0.6 is 11.3 Å². The van der Waals surface area contributed by atoms with Crippen molar-refractivity contribution in [3.63, 3.8) is 0 Å². The molecule has 1 N–H and O–H groups in total. The Balaban J connectivity index is 1.50. The van der Waals surface area contributed by atoms with Crippen molar-refractivity contribution in [2.24, 2.45) is 0 Å². The lowest BCUT2D eigenvalue weighted by Crippen LogP contribution is -2.38. The van der Waals surface area contributed by atoms with Crippen LogP contribution in [-0.4, -0.2) is 40.6 Å². The van der Waals surface area contributed by atoms with Crippen LogP contribution in [0.1, 0.15) is 55.9 Å². The summed E-state index contributed by atoms with van der Waals surface area (Å²) in [6.45, 7) is 6.02. The lowest BCUT2D eigenvalue weighted by molar-refractivity contribution is -0.122. The van der Waals surface area contributed by atoms with Gasteiger partial charge in [0.15, 0.2) is 5.82 Å². The molecule has 0 aromatic carbocycles. The highest BCUT2D eigenvalue weighted by molar-refractivity contribution is 7.07. The number of hydrogen-bond donors (Lipinski definition) is 1. The van der Waals surface area contributed by atoms with Crippen molar-refractivity contribution in [1.82, 2.24) is 20.4 Å². The van der Waals surface area contributed by atoms with Crippen molar-refractivity contribution in [3.05, 3.63) is 34.1 Å². The van der Waals surface area contributed by atoms with E-state index in [0.717, 1.165) is 25.8 Å². The molecule has 0 radical (unpaired) electrons. The van der Waals surface area contributed by atoms with Crippen LogP contribution in [0.15, 0.2) is 21.3 Å². The van der Waals surface area contributed by atoms with Gasteiger partial charge in [-0.25, -0.2) is 0 Å². The van der Waals surface area contributed by atoms with Crippen LogP contribution < -0.4 is 5.32 Å². The van der Waals surface area contributed by atoms with Gasteiger partial charge in [0, 0.05) is 12.5 Å². The topological polar surface area (TPSA) is 71.3 Å². The Morgan fingerprint density at radius 1 is 1.54 bits per heavy atom. The van der Waals surface area contributed by atoms with Crippen LogP contribution in [0.3, 0.4) is 0 Å². The summed E-state index contributed by atoms with van der Waals surface area (Å²) in [5, 5.41) is 11.3. The van der Waals surface area contributed by atoms with Crippen LogP contribution in [0.2, 0.25) is 0 Å². The number of likely N-dealkylation sites (tertiary alicyclic amines) is 1. The largest absolute Gasteiger partial charge is 0.355 e. The minimum absolute atomic E-state index is 0.0599. The van der Waals surface area contributed by atoms with Crippen LogP contribution in [0.25, 0.3) is 0 Å². The zero-order valence-corrected chi connectivity index (χ0v) is 15.0. The van der Waals surface area contributed by atoms with Gasteiger partial charge in [-0.3, -0.25) is 9.69 Å². The molecule has 1 saturated heterocycles. The Hall–Kier alpha value is -1.73. The smallest absolute Gasteiger partial charge is 0.234 e. The number of thiophene rings is 1. The summed E-state index contributed by atoms with van der Waals surface area (Å²) < 4.78 is 5.31. The van der Waals surface area contributed by atoms with Gasteiger partial charge in [-0.15, -0.1) is 0 Å². The van der Waals surface area contributed by atoms with E-state index >= 15 is 0 Å². The molecular weight excluding hydrogens is 324 g/mol. The number of carbonyl (C=O) groups is 1. The second-order valence-corrected chi connectivity index (χ2v) is 7.29. The molecule has 1 atom stereocenters. The Labute approximate surface area is 146 Å². The van der Waals surface area contributed by atoms with Gasteiger partial charge in [-0.2, -0.15) is 16.3 Å². The van der Waals surface area contributed by atoms with Gasteiger partial charge in [0.05, 0.1) is 12.6 Å². The van der Waals surface area contributed by atoms with Gasteiger partial charge >= 0.3 is 0 Å². The number of aromatic nitrogens is 2. The normalized spacial score (nSPS) is 18.4. The molecule has 1 amide bonds. The van der Waals surface area contributed by atoms with Crippen molar-refractivity contribution < 1.29 is 9.32 Å². The minimum atomic E-state index is 0.0599. The zero-order chi connectivity index (χ0) is 16.9. The SMILES string of the molecule is CC(C)c1nc([C@@H]2CCCN2CC(=O)NCCc2ccsc2)no1. The third kappa shape index (κ3) is 4.21. The fourth-order valence-electron chi connectivity index (χ4n) is 2.95. The Morgan fingerprint density at radius 2 is 2.42 bits per heavy atom. The molecule has 3 heterocycles. The summed E-state index contributed by atoms with van der Waals surface area (Å²) in [4.78, 5) is 18.8. The molecule has 24 heavy (non-hydrogen) atoms. The van der Waals surface area contributed by atoms with Crippen LogP contribution in [0, 0.1) is 0 Å². The molecule has 6 nitrogen and oxygen atoms in total. The van der Waals surface area contributed by atoms with Gasteiger partial charge < -0.3 is 9.84 Å². The van der Waals surface area contributed by atoms with E-state index in [1.54, 1.807) is 11.3 Å². The summed E-state index contributed by atoms with van der Waals surface area (Å²) in [6, 6.07) is 2.18. The molecule has 0 unspecified atom stereocenters. The third-order valence-electron chi connectivity index (χ3n) is 4.28. The molecule has 1 fully saturated rings. The van der Waals surface area contributed by atoms with Crippen LogP contribution in [0.4, 0.5) is 0 Å². The predicted octanol–water partition coefficient (Wildman–Crippen LogP) is 2.75. The fraction of sp³-hybridized carbons (Fsp3) is 0.588. The second-order valence-electron chi connectivity index (χ2n) is 6.51. The van der Waals surface area contributed by atoms with E-state index in [9.17, 15) is 4.79 Å². The minimum Gasteiger partial charge on any atom is -0.355 e. The van der Waals surface area contributed by atoms with E-state index in [-0.39, 0.29) is 17.9 Å². The summed E-state index contributed by atoms with van der Waals surface area (Å²) >= 11 is 1.68. The number of nitrogens with one attached hydrogen (secondary N) is 1. The quantitative estimate of drug-likeness (QED) is 0.833. The first-order valence-corrected chi connectivity index (χ1v) is 9.43. The summed E-state index contributed by atoms with van der Waals surface area (Å²) in [5.74, 6) is 1.66. The number of carbonyl (C=O) groups excluding carboxylic acids is 1. The first kappa shape index (κ1) is 17.1. The number of hydrogen-bond acceptors (Lipinski definition) is 6. The van der Waals surface area contributed by atoms with Crippen molar-refractivity contribution in [2.75, 3.05) is 19.6 Å². The highest BCUT2D eigenvalue weighted by atomic mass is 32.1. The molecule has 3 rings (SSSR count). The predicted molar refractivity (Wildman–Crippen MR) is 93.0 cm³/mol. The maximum Gasteiger partial charge on any atom is 0.234 e.